The predicted octanol–water partition coefficient (Wildman–Crippen LogP) is 3.81. The molecule has 2 rings (SSSR count). The van der Waals surface area contributed by atoms with Gasteiger partial charge < -0.3 is 0 Å². The van der Waals surface area contributed by atoms with Gasteiger partial charge in [0.15, 0.2) is 0 Å². The highest BCUT2D eigenvalue weighted by molar-refractivity contribution is 8.00. The van der Waals surface area contributed by atoms with Gasteiger partial charge in [0, 0.05) is 16.6 Å². The van der Waals surface area contributed by atoms with Gasteiger partial charge in [-0.2, -0.15) is 0 Å². The summed E-state index contributed by atoms with van der Waals surface area (Å²) in [6.45, 7) is 2.42. The Kier molecular flexibility index (Phi) is 6.31. The predicted molar refractivity (Wildman–Crippen MR) is 85.8 cm³/mol. The lowest BCUT2D eigenvalue weighted by molar-refractivity contribution is -0.134. The van der Waals surface area contributed by atoms with E-state index in [0.29, 0.717) is 13.0 Å². The normalized spacial score (nSPS) is 11.9. The highest BCUT2D eigenvalue weighted by atomic mass is 32.2. The fraction of sp³-hybridized carbons (Fsp3) is 0.235. The smallest absolute Gasteiger partial charge is 0.244 e. The van der Waals surface area contributed by atoms with Gasteiger partial charge in [-0.05, 0) is 17.7 Å². The zero-order chi connectivity index (χ0) is 14.9. The number of carbonyl (C=O) groups is 1. The highest BCUT2D eigenvalue weighted by Gasteiger charge is 2.10. The van der Waals surface area contributed by atoms with Gasteiger partial charge in [0.05, 0.1) is 6.61 Å². The molecule has 0 saturated carbocycles. The van der Waals surface area contributed by atoms with Crippen molar-refractivity contribution in [3.05, 3.63) is 66.2 Å². The maximum atomic E-state index is 11.8. The second-order valence-electron chi connectivity index (χ2n) is 4.75. The van der Waals surface area contributed by atoms with Crippen LogP contribution in [0.2, 0.25) is 0 Å². The van der Waals surface area contributed by atoms with Crippen LogP contribution in [0.15, 0.2) is 65.6 Å². The fourth-order valence-corrected chi connectivity index (χ4v) is 2.86. The summed E-state index contributed by atoms with van der Waals surface area (Å²) in [6.07, 6.45) is 0.425. The van der Waals surface area contributed by atoms with Crippen molar-refractivity contribution in [2.24, 2.45) is 0 Å². The number of hydrogen-bond donors (Lipinski definition) is 1. The quantitative estimate of drug-likeness (QED) is 0.624. The van der Waals surface area contributed by atoms with E-state index in [9.17, 15) is 4.79 Å². The van der Waals surface area contributed by atoms with E-state index in [2.05, 4.69) is 5.48 Å². The van der Waals surface area contributed by atoms with E-state index in [-0.39, 0.29) is 11.2 Å². The summed E-state index contributed by atoms with van der Waals surface area (Å²) in [5, 5.41) is 0.202. The first-order valence-electron chi connectivity index (χ1n) is 6.90. The third kappa shape index (κ3) is 6.02. The molecular weight excluding hydrogens is 282 g/mol. The molecule has 0 aliphatic heterocycles. The van der Waals surface area contributed by atoms with Gasteiger partial charge in [0.2, 0.25) is 5.91 Å². The number of benzene rings is 2. The van der Waals surface area contributed by atoms with Crippen LogP contribution in [0.1, 0.15) is 18.9 Å². The summed E-state index contributed by atoms with van der Waals surface area (Å²) in [5.74, 6) is -0.0955. The van der Waals surface area contributed by atoms with E-state index in [1.165, 1.54) is 4.90 Å². The average molecular weight is 301 g/mol. The third-order valence-electron chi connectivity index (χ3n) is 2.82. The van der Waals surface area contributed by atoms with Gasteiger partial charge in [0.1, 0.15) is 0 Å². The number of carbonyl (C=O) groups excluding carboxylic acids is 1. The van der Waals surface area contributed by atoms with Crippen LogP contribution in [0.4, 0.5) is 0 Å². The molecule has 3 nitrogen and oxygen atoms in total. The Morgan fingerprint density at radius 2 is 1.71 bits per heavy atom. The first-order chi connectivity index (χ1) is 10.2. The third-order valence-corrected chi connectivity index (χ3v) is 3.93. The second kappa shape index (κ2) is 8.49. The van der Waals surface area contributed by atoms with Crippen molar-refractivity contribution in [1.82, 2.24) is 5.48 Å². The molecule has 0 aliphatic carbocycles. The lowest BCUT2D eigenvalue weighted by Gasteiger charge is -2.11. The highest BCUT2D eigenvalue weighted by Crippen LogP contribution is 2.24. The van der Waals surface area contributed by atoms with Crippen LogP contribution < -0.4 is 5.48 Å². The van der Waals surface area contributed by atoms with Crippen molar-refractivity contribution in [2.45, 2.75) is 30.1 Å². The van der Waals surface area contributed by atoms with Crippen LogP contribution in [0.25, 0.3) is 0 Å². The SMILES string of the molecule is CC(CC(=O)NOCc1ccccc1)Sc1ccccc1. The summed E-state index contributed by atoms with van der Waals surface area (Å²) in [6, 6.07) is 19.8. The molecule has 2 aromatic carbocycles. The Balaban J connectivity index is 1.67. The molecule has 21 heavy (non-hydrogen) atoms. The Labute approximate surface area is 129 Å². The Hall–Kier alpha value is -1.78. The lowest BCUT2D eigenvalue weighted by Crippen LogP contribution is -2.25. The van der Waals surface area contributed by atoms with E-state index < -0.39 is 0 Å². The Morgan fingerprint density at radius 1 is 1.10 bits per heavy atom. The molecule has 4 heteroatoms. The van der Waals surface area contributed by atoms with Crippen molar-refractivity contribution in [1.29, 1.82) is 0 Å². The van der Waals surface area contributed by atoms with E-state index in [4.69, 9.17) is 4.84 Å². The van der Waals surface area contributed by atoms with Gasteiger partial charge in [-0.3, -0.25) is 9.63 Å². The monoisotopic (exact) mass is 301 g/mol. The molecule has 1 N–H and O–H groups in total. The van der Waals surface area contributed by atoms with Crippen molar-refractivity contribution >= 4 is 17.7 Å². The van der Waals surface area contributed by atoms with E-state index in [1.54, 1.807) is 11.8 Å². The van der Waals surface area contributed by atoms with Crippen molar-refractivity contribution in [2.75, 3.05) is 0 Å². The minimum atomic E-state index is -0.0955. The van der Waals surface area contributed by atoms with Gasteiger partial charge in [0.25, 0.3) is 0 Å². The van der Waals surface area contributed by atoms with Crippen molar-refractivity contribution in [3.8, 4) is 0 Å². The van der Waals surface area contributed by atoms with E-state index in [0.717, 1.165) is 5.56 Å². The van der Waals surface area contributed by atoms with Crippen molar-refractivity contribution < 1.29 is 9.63 Å². The molecule has 0 aromatic heterocycles. The first-order valence-corrected chi connectivity index (χ1v) is 7.78. The van der Waals surface area contributed by atoms with E-state index >= 15 is 0 Å². The van der Waals surface area contributed by atoms with Crippen LogP contribution in [0.3, 0.4) is 0 Å². The molecule has 0 aliphatic rings. The number of hydrogen-bond acceptors (Lipinski definition) is 3. The van der Waals surface area contributed by atoms with Gasteiger partial charge >= 0.3 is 0 Å². The molecule has 1 atom stereocenters. The summed E-state index contributed by atoms with van der Waals surface area (Å²) >= 11 is 1.69. The molecule has 0 bridgehead atoms. The van der Waals surface area contributed by atoms with Gasteiger partial charge in [-0.15, -0.1) is 11.8 Å². The minimum Gasteiger partial charge on any atom is -0.273 e. The van der Waals surface area contributed by atoms with Gasteiger partial charge in [-0.25, -0.2) is 5.48 Å². The van der Waals surface area contributed by atoms with Gasteiger partial charge in [-0.1, -0.05) is 55.5 Å². The Bertz CT molecular complexity index is 545. The van der Waals surface area contributed by atoms with E-state index in [1.807, 2.05) is 67.6 Å². The zero-order valence-electron chi connectivity index (χ0n) is 12.0. The molecule has 0 heterocycles. The minimum absolute atomic E-state index is 0.0955. The maximum Gasteiger partial charge on any atom is 0.244 e. The first kappa shape index (κ1) is 15.6. The topological polar surface area (TPSA) is 38.3 Å². The van der Waals surface area contributed by atoms with Crippen LogP contribution in [-0.4, -0.2) is 11.2 Å². The molecule has 1 amide bonds. The zero-order valence-corrected chi connectivity index (χ0v) is 12.8. The molecule has 0 saturated heterocycles. The largest absolute Gasteiger partial charge is 0.273 e. The number of thioether (sulfide) groups is 1. The lowest BCUT2D eigenvalue weighted by atomic mass is 10.2. The van der Waals surface area contributed by atoms with Crippen LogP contribution >= 0.6 is 11.8 Å². The summed E-state index contributed by atoms with van der Waals surface area (Å²) in [7, 11) is 0. The number of rotatable bonds is 7. The molecule has 110 valence electrons. The summed E-state index contributed by atoms with van der Waals surface area (Å²) in [4.78, 5) is 18.2. The summed E-state index contributed by atoms with van der Waals surface area (Å²) < 4.78 is 0. The number of nitrogens with one attached hydrogen (secondary N) is 1. The number of amides is 1. The van der Waals surface area contributed by atoms with Crippen LogP contribution in [0, 0.1) is 0 Å². The van der Waals surface area contributed by atoms with Crippen LogP contribution in [0.5, 0.6) is 0 Å². The average Bonchev–Trinajstić information content (AvgIpc) is 2.49. The maximum absolute atomic E-state index is 11.8. The van der Waals surface area contributed by atoms with Crippen molar-refractivity contribution in [3.63, 3.8) is 0 Å². The molecule has 0 spiro atoms. The molecule has 0 radical (unpaired) electrons. The molecule has 1 unspecified atom stereocenters. The second-order valence-corrected chi connectivity index (χ2v) is 6.26. The number of hydroxylamine groups is 1. The fourth-order valence-electron chi connectivity index (χ4n) is 1.85. The Morgan fingerprint density at radius 3 is 2.38 bits per heavy atom. The standard InChI is InChI=1S/C17H19NO2S/c1-14(21-16-10-6-3-7-11-16)12-17(19)18-20-13-15-8-4-2-5-9-15/h2-11,14H,12-13H2,1H3,(H,18,19). The summed E-state index contributed by atoms with van der Waals surface area (Å²) in [5.41, 5.74) is 3.53. The van der Waals surface area contributed by atoms with Crippen LogP contribution in [-0.2, 0) is 16.2 Å². The molecule has 2 aromatic rings. The molecular formula is C17H19NO2S. The molecule has 0 fully saturated rings.